The first-order valence-corrected chi connectivity index (χ1v) is 10.2. The molecule has 2 N–H and O–H groups in total. The molecule has 0 unspecified atom stereocenters. The van der Waals surface area contributed by atoms with Gasteiger partial charge in [-0.2, -0.15) is 0 Å². The van der Waals surface area contributed by atoms with E-state index in [4.69, 9.17) is 0 Å². The Labute approximate surface area is 164 Å². The van der Waals surface area contributed by atoms with Crippen LogP contribution in [0.1, 0.15) is 27.0 Å². The van der Waals surface area contributed by atoms with Gasteiger partial charge in [0.15, 0.2) is 0 Å². The second-order valence-electron chi connectivity index (χ2n) is 6.59. The summed E-state index contributed by atoms with van der Waals surface area (Å²) in [6.45, 7) is 5.71. The Morgan fingerprint density at radius 2 is 1.46 bits per heavy atom. The summed E-state index contributed by atoms with van der Waals surface area (Å²) < 4.78 is 28.1. The molecule has 0 aliphatic rings. The highest BCUT2D eigenvalue weighted by Gasteiger charge is 2.17. The molecule has 0 aliphatic carbocycles. The fourth-order valence-electron chi connectivity index (χ4n) is 2.96. The molecule has 0 aliphatic heterocycles. The number of aryl methyl sites for hydroxylation is 3. The maximum absolute atomic E-state index is 12.7. The van der Waals surface area contributed by atoms with Crippen LogP contribution in [0.5, 0.6) is 0 Å². The van der Waals surface area contributed by atoms with Crippen LogP contribution in [-0.4, -0.2) is 19.3 Å². The van der Waals surface area contributed by atoms with Crippen molar-refractivity contribution in [3.63, 3.8) is 0 Å². The summed E-state index contributed by atoms with van der Waals surface area (Å²) in [6.07, 6.45) is 3.07. The zero-order valence-electron chi connectivity index (χ0n) is 15.9. The summed E-state index contributed by atoms with van der Waals surface area (Å²) in [4.78, 5) is 16.2. The van der Waals surface area contributed by atoms with Gasteiger partial charge in [-0.3, -0.25) is 14.5 Å². The number of hydrogen-bond donors (Lipinski definition) is 2. The van der Waals surface area contributed by atoms with Crippen LogP contribution in [0.2, 0.25) is 0 Å². The molecule has 0 saturated carbocycles. The molecule has 3 rings (SSSR count). The smallest absolute Gasteiger partial charge is 0.261 e. The minimum atomic E-state index is -3.74. The van der Waals surface area contributed by atoms with Crippen molar-refractivity contribution in [1.29, 1.82) is 0 Å². The Bertz CT molecular complexity index is 1090. The van der Waals surface area contributed by atoms with Gasteiger partial charge in [-0.25, -0.2) is 8.42 Å². The fourth-order valence-corrected chi connectivity index (χ4v) is 4.16. The van der Waals surface area contributed by atoms with Crippen molar-refractivity contribution in [1.82, 2.24) is 4.98 Å². The van der Waals surface area contributed by atoms with Crippen molar-refractivity contribution in [2.75, 3.05) is 10.0 Å². The van der Waals surface area contributed by atoms with Gasteiger partial charge in [-0.15, -0.1) is 0 Å². The highest BCUT2D eigenvalue weighted by molar-refractivity contribution is 7.92. The summed E-state index contributed by atoms with van der Waals surface area (Å²) in [7, 11) is -3.74. The van der Waals surface area contributed by atoms with Gasteiger partial charge in [-0.1, -0.05) is 17.7 Å². The number of nitrogens with one attached hydrogen (secondary N) is 2. The van der Waals surface area contributed by atoms with E-state index in [1.807, 2.05) is 32.9 Å². The third-order valence-electron chi connectivity index (χ3n) is 4.28. The van der Waals surface area contributed by atoms with Crippen LogP contribution in [0.4, 0.5) is 11.4 Å². The molecule has 1 aromatic heterocycles. The molecule has 144 valence electrons. The quantitative estimate of drug-likeness (QED) is 0.682. The van der Waals surface area contributed by atoms with Gasteiger partial charge in [0.2, 0.25) is 0 Å². The first-order chi connectivity index (χ1) is 13.3. The molecule has 1 heterocycles. The van der Waals surface area contributed by atoms with Crippen molar-refractivity contribution >= 4 is 27.3 Å². The standard InChI is InChI=1S/C21H21N3O3S/c1-14-12-15(2)20(16(3)13-14)24-28(26,27)19-6-4-18(5-7-19)23-21(25)17-8-10-22-11-9-17/h4-13,24H,1-3H3,(H,23,25). The summed E-state index contributed by atoms with van der Waals surface area (Å²) >= 11 is 0. The minimum Gasteiger partial charge on any atom is -0.322 e. The van der Waals surface area contributed by atoms with Gasteiger partial charge >= 0.3 is 0 Å². The van der Waals surface area contributed by atoms with E-state index in [2.05, 4.69) is 15.0 Å². The summed E-state index contributed by atoms with van der Waals surface area (Å²) in [5.74, 6) is -0.290. The summed E-state index contributed by atoms with van der Waals surface area (Å²) in [5.41, 5.74) is 4.36. The van der Waals surface area contributed by atoms with Crippen LogP contribution in [0, 0.1) is 20.8 Å². The number of carbonyl (C=O) groups is 1. The second-order valence-corrected chi connectivity index (χ2v) is 8.28. The van der Waals surface area contributed by atoms with Crippen LogP contribution < -0.4 is 10.0 Å². The Morgan fingerprint density at radius 3 is 2.04 bits per heavy atom. The monoisotopic (exact) mass is 395 g/mol. The highest BCUT2D eigenvalue weighted by atomic mass is 32.2. The molecule has 0 radical (unpaired) electrons. The number of carbonyl (C=O) groups excluding carboxylic acids is 1. The third kappa shape index (κ3) is 4.37. The van der Waals surface area contributed by atoms with Gasteiger partial charge in [-0.05, 0) is 68.3 Å². The molecule has 1 amide bonds. The van der Waals surface area contributed by atoms with Gasteiger partial charge in [0, 0.05) is 23.6 Å². The molecular formula is C21H21N3O3S. The van der Waals surface area contributed by atoms with E-state index in [0.717, 1.165) is 16.7 Å². The number of amides is 1. The van der Waals surface area contributed by atoms with Crippen LogP contribution in [0.25, 0.3) is 0 Å². The van der Waals surface area contributed by atoms with E-state index in [-0.39, 0.29) is 10.8 Å². The van der Waals surface area contributed by atoms with Crippen molar-refractivity contribution in [3.05, 3.63) is 83.2 Å². The van der Waals surface area contributed by atoms with E-state index in [1.54, 1.807) is 24.3 Å². The molecule has 0 spiro atoms. The third-order valence-corrected chi connectivity index (χ3v) is 5.64. The SMILES string of the molecule is Cc1cc(C)c(NS(=O)(=O)c2ccc(NC(=O)c3ccncc3)cc2)c(C)c1. The first kappa shape index (κ1) is 19.6. The lowest BCUT2D eigenvalue weighted by atomic mass is 10.1. The maximum atomic E-state index is 12.7. The Kier molecular flexibility index (Phi) is 5.46. The molecule has 3 aromatic rings. The normalized spacial score (nSPS) is 11.1. The second kappa shape index (κ2) is 7.82. The van der Waals surface area contributed by atoms with E-state index >= 15 is 0 Å². The van der Waals surface area contributed by atoms with E-state index < -0.39 is 10.0 Å². The predicted molar refractivity (Wildman–Crippen MR) is 110 cm³/mol. The molecule has 6 nitrogen and oxygen atoms in total. The molecule has 7 heteroatoms. The zero-order valence-corrected chi connectivity index (χ0v) is 16.7. The number of anilines is 2. The van der Waals surface area contributed by atoms with Gasteiger partial charge < -0.3 is 5.32 Å². The Hall–Kier alpha value is -3.19. The van der Waals surface area contributed by atoms with Crippen LogP contribution >= 0.6 is 0 Å². The Morgan fingerprint density at radius 1 is 0.893 bits per heavy atom. The topological polar surface area (TPSA) is 88.2 Å². The number of rotatable bonds is 5. The minimum absolute atomic E-state index is 0.119. The molecule has 2 aromatic carbocycles. The zero-order chi connectivity index (χ0) is 20.3. The molecule has 0 atom stereocenters. The molecule has 0 bridgehead atoms. The van der Waals surface area contributed by atoms with Gasteiger partial charge in [0.1, 0.15) is 0 Å². The van der Waals surface area contributed by atoms with E-state index in [0.29, 0.717) is 16.9 Å². The number of aromatic nitrogens is 1. The van der Waals surface area contributed by atoms with Gasteiger partial charge in [0.05, 0.1) is 10.6 Å². The lowest BCUT2D eigenvalue weighted by molar-refractivity contribution is 0.102. The fraction of sp³-hybridized carbons (Fsp3) is 0.143. The van der Waals surface area contributed by atoms with Crippen molar-refractivity contribution < 1.29 is 13.2 Å². The Balaban J connectivity index is 1.78. The number of pyridine rings is 1. The predicted octanol–water partition coefficient (Wildman–Crippen LogP) is 4.06. The average molecular weight is 395 g/mol. The average Bonchev–Trinajstić information content (AvgIpc) is 2.66. The summed E-state index contributed by atoms with van der Waals surface area (Å²) in [6, 6.07) is 13.1. The van der Waals surface area contributed by atoms with Crippen molar-refractivity contribution in [3.8, 4) is 0 Å². The lowest BCUT2D eigenvalue weighted by Crippen LogP contribution is -2.15. The number of nitrogens with zero attached hydrogens (tertiary/aromatic N) is 1. The molecule has 28 heavy (non-hydrogen) atoms. The lowest BCUT2D eigenvalue weighted by Gasteiger charge is -2.14. The van der Waals surface area contributed by atoms with Crippen LogP contribution in [0.15, 0.2) is 65.8 Å². The van der Waals surface area contributed by atoms with Crippen molar-refractivity contribution in [2.24, 2.45) is 0 Å². The van der Waals surface area contributed by atoms with Gasteiger partial charge in [0.25, 0.3) is 15.9 Å². The van der Waals surface area contributed by atoms with E-state index in [9.17, 15) is 13.2 Å². The molecule has 0 fully saturated rings. The molecular weight excluding hydrogens is 374 g/mol. The number of hydrogen-bond acceptors (Lipinski definition) is 4. The van der Waals surface area contributed by atoms with Crippen LogP contribution in [0.3, 0.4) is 0 Å². The van der Waals surface area contributed by atoms with Crippen molar-refractivity contribution in [2.45, 2.75) is 25.7 Å². The largest absolute Gasteiger partial charge is 0.322 e. The summed E-state index contributed by atoms with van der Waals surface area (Å²) in [5, 5.41) is 2.73. The molecule has 0 saturated heterocycles. The number of benzene rings is 2. The first-order valence-electron chi connectivity index (χ1n) is 8.68. The highest BCUT2D eigenvalue weighted by Crippen LogP contribution is 2.25. The van der Waals surface area contributed by atoms with E-state index in [1.165, 1.54) is 24.5 Å². The van der Waals surface area contributed by atoms with Crippen LogP contribution in [-0.2, 0) is 10.0 Å². The number of sulfonamides is 1. The maximum Gasteiger partial charge on any atom is 0.261 e.